The molecule has 0 unspecified atom stereocenters. The van der Waals surface area contributed by atoms with Crippen molar-refractivity contribution >= 4 is 10.2 Å². The van der Waals surface area contributed by atoms with Crippen LogP contribution in [0.2, 0.25) is 0 Å². The third-order valence-electron chi connectivity index (χ3n) is 3.96. The molecule has 0 radical (unpaired) electrons. The zero-order valence-corrected chi connectivity index (χ0v) is 12.7. The van der Waals surface area contributed by atoms with Crippen molar-refractivity contribution in [1.29, 1.82) is 0 Å². The van der Waals surface area contributed by atoms with Crippen LogP contribution < -0.4 is 4.72 Å². The van der Waals surface area contributed by atoms with E-state index in [9.17, 15) is 8.42 Å². The molecule has 0 aromatic carbocycles. The molecule has 2 aliphatic heterocycles. The summed E-state index contributed by atoms with van der Waals surface area (Å²) in [6.07, 6.45) is 1.93. The second-order valence-corrected chi connectivity index (χ2v) is 7.60. The molecule has 1 N–H and O–H groups in total. The Labute approximate surface area is 116 Å². The van der Waals surface area contributed by atoms with Crippen LogP contribution >= 0.6 is 0 Å². The van der Waals surface area contributed by atoms with Gasteiger partial charge in [0, 0.05) is 38.3 Å². The smallest absolute Gasteiger partial charge is 0.279 e. The van der Waals surface area contributed by atoms with Gasteiger partial charge in [0.05, 0.1) is 13.2 Å². The lowest BCUT2D eigenvalue weighted by atomic mass is 10.0. The van der Waals surface area contributed by atoms with Crippen LogP contribution in [0, 0.1) is 0 Å². The summed E-state index contributed by atoms with van der Waals surface area (Å²) in [7, 11) is -3.31. The van der Waals surface area contributed by atoms with Crippen LogP contribution in [-0.4, -0.2) is 69.1 Å². The highest BCUT2D eigenvalue weighted by atomic mass is 32.2. The summed E-state index contributed by atoms with van der Waals surface area (Å²) in [4.78, 5) is 2.28. The van der Waals surface area contributed by atoms with Crippen LogP contribution in [-0.2, 0) is 14.9 Å². The van der Waals surface area contributed by atoms with Gasteiger partial charge in [0.15, 0.2) is 0 Å². The maximum atomic E-state index is 12.1. The first-order chi connectivity index (χ1) is 8.92. The standard InChI is InChI=1S/C12H25N3O3S/c1-12(2,14-7-9-18-10-8-14)11-13-19(16,17)15-5-3-4-6-15/h13H,3-11H2,1-2H3. The second kappa shape index (κ2) is 6.05. The van der Waals surface area contributed by atoms with E-state index in [0.717, 1.165) is 39.1 Å². The molecule has 6 nitrogen and oxygen atoms in total. The molecular weight excluding hydrogens is 266 g/mol. The van der Waals surface area contributed by atoms with Gasteiger partial charge in [-0.15, -0.1) is 0 Å². The summed E-state index contributed by atoms with van der Waals surface area (Å²) in [6.45, 7) is 9.05. The molecule has 0 amide bonds. The first kappa shape index (κ1) is 15.2. The Bertz CT molecular complexity index is 385. The Morgan fingerprint density at radius 3 is 2.26 bits per heavy atom. The van der Waals surface area contributed by atoms with E-state index < -0.39 is 10.2 Å². The van der Waals surface area contributed by atoms with Gasteiger partial charge < -0.3 is 4.74 Å². The fourth-order valence-corrected chi connectivity index (χ4v) is 4.03. The van der Waals surface area contributed by atoms with Crippen molar-refractivity contribution < 1.29 is 13.2 Å². The van der Waals surface area contributed by atoms with E-state index in [1.165, 1.54) is 0 Å². The van der Waals surface area contributed by atoms with Crippen molar-refractivity contribution in [3.05, 3.63) is 0 Å². The van der Waals surface area contributed by atoms with Crippen LogP contribution in [0.1, 0.15) is 26.7 Å². The third-order valence-corrected chi connectivity index (χ3v) is 5.51. The molecule has 19 heavy (non-hydrogen) atoms. The predicted molar refractivity (Wildman–Crippen MR) is 74.2 cm³/mol. The minimum Gasteiger partial charge on any atom is -0.379 e. The summed E-state index contributed by atoms with van der Waals surface area (Å²) in [5, 5.41) is 0. The lowest BCUT2D eigenvalue weighted by molar-refractivity contribution is -0.00812. The van der Waals surface area contributed by atoms with Gasteiger partial charge in [-0.2, -0.15) is 12.7 Å². The number of rotatable bonds is 5. The Balaban J connectivity index is 1.89. The van der Waals surface area contributed by atoms with E-state index in [0.29, 0.717) is 19.6 Å². The van der Waals surface area contributed by atoms with Crippen molar-refractivity contribution in [3.8, 4) is 0 Å². The number of hydrogen-bond donors (Lipinski definition) is 1. The highest BCUT2D eigenvalue weighted by Gasteiger charge is 2.32. The molecule has 0 aromatic rings. The largest absolute Gasteiger partial charge is 0.379 e. The summed E-state index contributed by atoms with van der Waals surface area (Å²) in [5.41, 5.74) is -0.184. The van der Waals surface area contributed by atoms with Gasteiger partial charge in [-0.1, -0.05) is 0 Å². The average molecular weight is 291 g/mol. The zero-order valence-electron chi connectivity index (χ0n) is 11.9. The van der Waals surface area contributed by atoms with Gasteiger partial charge in [0.1, 0.15) is 0 Å². The van der Waals surface area contributed by atoms with Gasteiger partial charge in [0.25, 0.3) is 10.2 Å². The van der Waals surface area contributed by atoms with Crippen LogP contribution in [0.5, 0.6) is 0 Å². The van der Waals surface area contributed by atoms with Crippen molar-refractivity contribution in [3.63, 3.8) is 0 Å². The lowest BCUT2D eigenvalue weighted by Gasteiger charge is -2.41. The Kier molecular flexibility index (Phi) is 4.84. The molecule has 0 atom stereocenters. The van der Waals surface area contributed by atoms with Gasteiger partial charge >= 0.3 is 0 Å². The lowest BCUT2D eigenvalue weighted by Crippen LogP contribution is -2.56. The zero-order chi connectivity index (χ0) is 13.9. The van der Waals surface area contributed by atoms with E-state index in [-0.39, 0.29) is 5.54 Å². The van der Waals surface area contributed by atoms with Gasteiger partial charge in [0.2, 0.25) is 0 Å². The van der Waals surface area contributed by atoms with Crippen molar-refractivity contribution in [2.24, 2.45) is 0 Å². The van der Waals surface area contributed by atoms with E-state index in [1.807, 2.05) is 0 Å². The summed E-state index contributed by atoms with van der Waals surface area (Å²) in [6, 6.07) is 0. The van der Waals surface area contributed by atoms with E-state index >= 15 is 0 Å². The molecule has 2 saturated heterocycles. The maximum absolute atomic E-state index is 12.1. The van der Waals surface area contributed by atoms with Crippen molar-refractivity contribution in [1.82, 2.24) is 13.9 Å². The highest BCUT2D eigenvalue weighted by Crippen LogP contribution is 2.17. The van der Waals surface area contributed by atoms with Gasteiger partial charge in [-0.3, -0.25) is 4.90 Å². The number of ether oxygens (including phenoxy) is 1. The monoisotopic (exact) mass is 291 g/mol. The van der Waals surface area contributed by atoms with E-state index in [1.54, 1.807) is 4.31 Å². The first-order valence-corrected chi connectivity index (χ1v) is 8.43. The SMILES string of the molecule is CC(C)(CNS(=O)(=O)N1CCCC1)N1CCOCC1. The molecule has 112 valence electrons. The Hall–Kier alpha value is -0.210. The van der Waals surface area contributed by atoms with E-state index in [2.05, 4.69) is 23.5 Å². The minimum atomic E-state index is -3.31. The molecule has 2 heterocycles. The molecule has 0 aliphatic carbocycles. The molecular formula is C12H25N3O3S. The molecule has 0 bridgehead atoms. The summed E-state index contributed by atoms with van der Waals surface area (Å²) in [5.74, 6) is 0. The molecule has 2 aliphatic rings. The van der Waals surface area contributed by atoms with Crippen LogP contribution in [0.4, 0.5) is 0 Å². The van der Waals surface area contributed by atoms with Crippen LogP contribution in [0.15, 0.2) is 0 Å². The third kappa shape index (κ3) is 3.88. The molecule has 7 heteroatoms. The fraction of sp³-hybridized carbons (Fsp3) is 1.00. The predicted octanol–water partition coefficient (Wildman–Crippen LogP) is 0.0274. The number of nitrogens with one attached hydrogen (secondary N) is 1. The van der Waals surface area contributed by atoms with Crippen molar-refractivity contribution in [2.45, 2.75) is 32.2 Å². The minimum absolute atomic E-state index is 0.184. The maximum Gasteiger partial charge on any atom is 0.279 e. The van der Waals surface area contributed by atoms with Gasteiger partial charge in [-0.25, -0.2) is 4.72 Å². The summed E-state index contributed by atoms with van der Waals surface area (Å²) >= 11 is 0. The molecule has 2 rings (SSSR count). The second-order valence-electron chi connectivity index (χ2n) is 5.84. The van der Waals surface area contributed by atoms with Crippen LogP contribution in [0.3, 0.4) is 0 Å². The topological polar surface area (TPSA) is 61.9 Å². The van der Waals surface area contributed by atoms with E-state index in [4.69, 9.17) is 4.74 Å². The quantitative estimate of drug-likeness (QED) is 0.776. The number of nitrogens with zero attached hydrogens (tertiary/aromatic N) is 2. The number of hydrogen-bond acceptors (Lipinski definition) is 4. The molecule has 0 saturated carbocycles. The Morgan fingerprint density at radius 2 is 1.68 bits per heavy atom. The normalized spacial score (nSPS) is 23.9. The molecule has 0 spiro atoms. The van der Waals surface area contributed by atoms with Crippen molar-refractivity contribution in [2.75, 3.05) is 45.9 Å². The number of morpholine rings is 1. The van der Waals surface area contributed by atoms with Crippen LogP contribution in [0.25, 0.3) is 0 Å². The highest BCUT2D eigenvalue weighted by molar-refractivity contribution is 7.87. The molecule has 2 fully saturated rings. The summed E-state index contributed by atoms with van der Waals surface area (Å²) < 4.78 is 33.9. The van der Waals surface area contributed by atoms with Gasteiger partial charge in [-0.05, 0) is 26.7 Å². The average Bonchev–Trinajstić information content (AvgIpc) is 2.93. The molecule has 0 aromatic heterocycles. The first-order valence-electron chi connectivity index (χ1n) is 6.99. The fourth-order valence-electron chi connectivity index (χ4n) is 2.57. The Morgan fingerprint density at radius 1 is 1.11 bits per heavy atom.